The summed E-state index contributed by atoms with van der Waals surface area (Å²) in [6.07, 6.45) is 0.254. The minimum atomic E-state index is -3.73. The summed E-state index contributed by atoms with van der Waals surface area (Å²) in [5.74, 6) is -0.0934. The molecule has 1 amide bonds. The van der Waals surface area contributed by atoms with Gasteiger partial charge in [-0.2, -0.15) is 0 Å². The number of hydrogen-bond acceptors (Lipinski definition) is 3. The molecule has 2 aromatic carbocycles. The van der Waals surface area contributed by atoms with Crippen molar-refractivity contribution in [2.75, 3.05) is 10.0 Å². The third-order valence-electron chi connectivity index (χ3n) is 3.73. The molecular formula is C16H15ClN2O3S. The number of rotatable bonds is 3. The molecule has 1 heterocycles. The van der Waals surface area contributed by atoms with E-state index in [4.69, 9.17) is 11.6 Å². The second kappa shape index (κ2) is 5.54. The second-order valence-corrected chi connectivity index (χ2v) is 7.63. The Morgan fingerprint density at radius 2 is 1.87 bits per heavy atom. The Morgan fingerprint density at radius 1 is 1.13 bits per heavy atom. The van der Waals surface area contributed by atoms with E-state index < -0.39 is 10.0 Å². The molecule has 0 radical (unpaired) electrons. The average Bonchev–Trinajstić information content (AvgIpc) is 2.81. The van der Waals surface area contributed by atoms with Crippen LogP contribution in [0.15, 0.2) is 35.2 Å². The molecule has 0 fully saturated rings. The van der Waals surface area contributed by atoms with E-state index >= 15 is 0 Å². The van der Waals surface area contributed by atoms with Crippen LogP contribution in [-0.2, 0) is 21.2 Å². The van der Waals surface area contributed by atoms with Crippen molar-refractivity contribution in [3.63, 3.8) is 0 Å². The van der Waals surface area contributed by atoms with Crippen molar-refractivity contribution in [3.05, 3.63) is 52.0 Å². The second-order valence-electron chi connectivity index (χ2n) is 5.57. The van der Waals surface area contributed by atoms with Crippen LogP contribution in [-0.4, -0.2) is 14.3 Å². The molecule has 7 heteroatoms. The van der Waals surface area contributed by atoms with Crippen LogP contribution in [0, 0.1) is 13.8 Å². The highest BCUT2D eigenvalue weighted by molar-refractivity contribution is 7.92. The molecule has 0 atom stereocenters. The molecule has 0 saturated heterocycles. The maximum absolute atomic E-state index is 12.6. The number of aryl methyl sites for hydroxylation is 2. The van der Waals surface area contributed by atoms with Gasteiger partial charge in [0.1, 0.15) is 0 Å². The molecule has 1 aliphatic heterocycles. The summed E-state index contributed by atoms with van der Waals surface area (Å²) in [5, 5.41) is 3.24. The first-order valence-electron chi connectivity index (χ1n) is 6.98. The van der Waals surface area contributed by atoms with Gasteiger partial charge in [0.25, 0.3) is 10.0 Å². The van der Waals surface area contributed by atoms with Gasteiger partial charge in [0.2, 0.25) is 5.91 Å². The SMILES string of the molecule is Cc1cc(S(=O)(=O)Nc2ccc3c(c2)CC(=O)N3)c(C)cc1Cl. The highest BCUT2D eigenvalue weighted by Gasteiger charge is 2.21. The number of hydrogen-bond donors (Lipinski definition) is 2. The number of anilines is 2. The summed E-state index contributed by atoms with van der Waals surface area (Å²) < 4.78 is 27.8. The molecule has 23 heavy (non-hydrogen) atoms. The fourth-order valence-electron chi connectivity index (χ4n) is 2.55. The van der Waals surface area contributed by atoms with Crippen LogP contribution < -0.4 is 10.0 Å². The lowest BCUT2D eigenvalue weighted by Crippen LogP contribution is -2.14. The quantitative estimate of drug-likeness (QED) is 0.892. The Balaban J connectivity index is 1.95. The Bertz CT molecular complexity index is 923. The van der Waals surface area contributed by atoms with Crippen molar-refractivity contribution < 1.29 is 13.2 Å². The van der Waals surface area contributed by atoms with Crippen molar-refractivity contribution in [2.45, 2.75) is 25.2 Å². The van der Waals surface area contributed by atoms with Gasteiger partial charge in [-0.25, -0.2) is 8.42 Å². The van der Waals surface area contributed by atoms with Gasteiger partial charge < -0.3 is 5.32 Å². The maximum Gasteiger partial charge on any atom is 0.262 e. The van der Waals surface area contributed by atoms with E-state index in [0.717, 1.165) is 11.3 Å². The zero-order valence-electron chi connectivity index (χ0n) is 12.6. The number of sulfonamides is 1. The van der Waals surface area contributed by atoms with E-state index in [2.05, 4.69) is 10.0 Å². The molecule has 0 spiro atoms. The summed E-state index contributed by atoms with van der Waals surface area (Å²) in [6.45, 7) is 3.46. The van der Waals surface area contributed by atoms with Gasteiger partial charge in [-0.15, -0.1) is 0 Å². The third-order valence-corrected chi connectivity index (χ3v) is 5.66. The first-order valence-corrected chi connectivity index (χ1v) is 8.85. The van der Waals surface area contributed by atoms with Crippen LogP contribution in [0.3, 0.4) is 0 Å². The highest BCUT2D eigenvalue weighted by Crippen LogP contribution is 2.29. The van der Waals surface area contributed by atoms with Gasteiger partial charge in [0.15, 0.2) is 0 Å². The number of nitrogens with one attached hydrogen (secondary N) is 2. The van der Waals surface area contributed by atoms with Gasteiger partial charge in [0, 0.05) is 16.4 Å². The summed E-state index contributed by atoms with van der Waals surface area (Å²) in [4.78, 5) is 11.6. The van der Waals surface area contributed by atoms with Crippen molar-refractivity contribution in [3.8, 4) is 0 Å². The molecule has 2 aromatic rings. The van der Waals surface area contributed by atoms with Gasteiger partial charge >= 0.3 is 0 Å². The lowest BCUT2D eigenvalue weighted by molar-refractivity contribution is -0.115. The number of amides is 1. The molecule has 1 aliphatic rings. The number of carbonyl (C=O) groups excluding carboxylic acids is 1. The maximum atomic E-state index is 12.6. The number of fused-ring (bicyclic) bond motifs is 1. The molecule has 0 unspecified atom stereocenters. The Hall–Kier alpha value is -2.05. The Morgan fingerprint density at radius 3 is 2.61 bits per heavy atom. The highest BCUT2D eigenvalue weighted by atomic mass is 35.5. The average molecular weight is 351 g/mol. The van der Waals surface area contributed by atoms with Crippen LogP contribution >= 0.6 is 11.6 Å². The van der Waals surface area contributed by atoms with Gasteiger partial charge in [-0.1, -0.05) is 11.6 Å². The molecule has 0 aromatic heterocycles. The Labute approximate surface area is 139 Å². The van der Waals surface area contributed by atoms with Crippen LogP contribution in [0.2, 0.25) is 5.02 Å². The van der Waals surface area contributed by atoms with Gasteiger partial charge in [-0.3, -0.25) is 9.52 Å². The number of benzene rings is 2. The monoisotopic (exact) mass is 350 g/mol. The van der Waals surface area contributed by atoms with E-state index in [1.807, 2.05) is 0 Å². The molecule has 120 valence electrons. The molecule has 5 nitrogen and oxygen atoms in total. The summed E-state index contributed by atoms with van der Waals surface area (Å²) >= 11 is 6.02. The first kappa shape index (κ1) is 15.8. The first-order chi connectivity index (χ1) is 10.8. The minimum Gasteiger partial charge on any atom is -0.326 e. The molecule has 2 N–H and O–H groups in total. The lowest BCUT2D eigenvalue weighted by atomic mass is 10.1. The summed E-state index contributed by atoms with van der Waals surface area (Å²) in [5.41, 5.74) is 3.19. The molecule has 0 bridgehead atoms. The topological polar surface area (TPSA) is 75.3 Å². The van der Waals surface area contributed by atoms with E-state index in [9.17, 15) is 13.2 Å². The van der Waals surface area contributed by atoms with Gasteiger partial charge in [-0.05, 0) is 60.9 Å². The molecular weight excluding hydrogens is 336 g/mol. The Kier molecular flexibility index (Phi) is 3.82. The minimum absolute atomic E-state index is 0.0934. The van der Waals surface area contributed by atoms with E-state index in [0.29, 0.717) is 21.8 Å². The van der Waals surface area contributed by atoms with Gasteiger partial charge in [0.05, 0.1) is 11.3 Å². The standard InChI is InChI=1S/C16H15ClN2O3S/c1-9-6-15(10(2)5-13(9)17)23(21,22)19-12-3-4-14-11(7-12)8-16(20)18-14/h3-7,19H,8H2,1-2H3,(H,18,20). The lowest BCUT2D eigenvalue weighted by Gasteiger charge is -2.12. The summed E-state index contributed by atoms with van der Waals surface area (Å²) in [7, 11) is -3.73. The number of halogens is 1. The van der Waals surface area contributed by atoms with Crippen molar-refractivity contribution in [2.24, 2.45) is 0 Å². The predicted molar refractivity (Wildman–Crippen MR) is 90.5 cm³/mol. The fraction of sp³-hybridized carbons (Fsp3) is 0.188. The molecule has 0 aliphatic carbocycles. The largest absolute Gasteiger partial charge is 0.326 e. The van der Waals surface area contributed by atoms with Crippen LogP contribution in [0.5, 0.6) is 0 Å². The fourth-order valence-corrected chi connectivity index (χ4v) is 4.13. The van der Waals surface area contributed by atoms with E-state index in [-0.39, 0.29) is 17.2 Å². The third kappa shape index (κ3) is 3.04. The number of carbonyl (C=O) groups is 1. The predicted octanol–water partition coefficient (Wildman–Crippen LogP) is 3.25. The van der Waals surface area contributed by atoms with Crippen LogP contribution in [0.25, 0.3) is 0 Å². The zero-order valence-corrected chi connectivity index (χ0v) is 14.2. The van der Waals surface area contributed by atoms with Crippen molar-refractivity contribution >= 4 is 38.9 Å². The smallest absolute Gasteiger partial charge is 0.262 e. The normalized spacial score (nSPS) is 13.6. The molecule has 0 saturated carbocycles. The van der Waals surface area contributed by atoms with E-state index in [1.54, 1.807) is 44.2 Å². The van der Waals surface area contributed by atoms with Crippen molar-refractivity contribution in [1.29, 1.82) is 0 Å². The van der Waals surface area contributed by atoms with Crippen molar-refractivity contribution in [1.82, 2.24) is 0 Å². The molecule has 3 rings (SSSR count). The summed E-state index contributed by atoms with van der Waals surface area (Å²) in [6, 6.07) is 8.18. The van der Waals surface area contributed by atoms with Crippen LogP contribution in [0.4, 0.5) is 11.4 Å². The van der Waals surface area contributed by atoms with E-state index in [1.165, 1.54) is 0 Å². The van der Waals surface area contributed by atoms with Crippen LogP contribution in [0.1, 0.15) is 16.7 Å². The zero-order chi connectivity index (χ0) is 16.8.